The average Bonchev–Trinajstić information content (AvgIpc) is 3.43. The van der Waals surface area contributed by atoms with Crippen molar-refractivity contribution in [3.63, 3.8) is 0 Å². The van der Waals surface area contributed by atoms with Gasteiger partial charge in [-0.3, -0.25) is 14.4 Å². The number of thioether (sulfide) groups is 1. The van der Waals surface area contributed by atoms with Gasteiger partial charge in [-0.25, -0.2) is 0 Å². The molecule has 1 saturated heterocycles. The summed E-state index contributed by atoms with van der Waals surface area (Å²) in [5, 5.41) is 5.95. The van der Waals surface area contributed by atoms with Crippen molar-refractivity contribution >= 4 is 29.5 Å². The minimum Gasteiger partial charge on any atom is -0.353 e. The lowest BCUT2D eigenvalue weighted by molar-refractivity contribution is -0.137. The van der Waals surface area contributed by atoms with Crippen molar-refractivity contribution in [3.05, 3.63) is 0 Å². The van der Waals surface area contributed by atoms with Gasteiger partial charge in [0.1, 0.15) is 6.04 Å². The summed E-state index contributed by atoms with van der Waals surface area (Å²) in [5.41, 5.74) is 0. The van der Waals surface area contributed by atoms with Gasteiger partial charge in [0, 0.05) is 31.5 Å². The van der Waals surface area contributed by atoms with Gasteiger partial charge in [0.05, 0.1) is 0 Å². The van der Waals surface area contributed by atoms with Crippen LogP contribution in [0, 0.1) is 5.92 Å². The second-order valence-corrected chi connectivity index (χ2v) is 7.62. The van der Waals surface area contributed by atoms with E-state index in [9.17, 15) is 14.4 Å². The van der Waals surface area contributed by atoms with E-state index in [2.05, 4.69) is 10.6 Å². The molecule has 0 aromatic heterocycles. The minimum absolute atomic E-state index is 0.0119. The van der Waals surface area contributed by atoms with Gasteiger partial charge < -0.3 is 15.5 Å². The molecule has 1 heterocycles. The Morgan fingerprint density at radius 1 is 1.17 bits per heavy atom. The molecule has 2 N–H and O–H groups in total. The highest BCUT2D eigenvalue weighted by molar-refractivity contribution is 7.98. The third kappa shape index (κ3) is 5.69. The molecule has 0 bridgehead atoms. The highest BCUT2D eigenvalue weighted by Crippen LogP contribution is 2.29. The molecule has 3 amide bonds. The molecule has 1 atom stereocenters. The molecular weight excluding hydrogens is 326 g/mol. The number of carbonyl (C=O) groups excluding carboxylic acids is 3. The molecule has 0 radical (unpaired) electrons. The number of nitrogens with one attached hydrogen (secondary N) is 2. The number of carbonyl (C=O) groups is 3. The molecule has 2 rings (SSSR count). The normalized spacial score (nSPS) is 19.7. The van der Waals surface area contributed by atoms with E-state index < -0.39 is 6.04 Å². The minimum atomic E-state index is -0.428. The third-order valence-corrected chi connectivity index (χ3v) is 5.31. The van der Waals surface area contributed by atoms with Gasteiger partial charge in [-0.1, -0.05) is 6.92 Å². The second kappa shape index (κ2) is 9.30. The molecule has 0 spiro atoms. The van der Waals surface area contributed by atoms with E-state index in [4.69, 9.17) is 0 Å². The maximum atomic E-state index is 12.7. The number of nitrogens with zero attached hydrogens (tertiary/aromatic N) is 1. The van der Waals surface area contributed by atoms with Crippen LogP contribution in [0.4, 0.5) is 0 Å². The number of piperidine rings is 1. The molecule has 2 fully saturated rings. The van der Waals surface area contributed by atoms with Crippen LogP contribution in [0.15, 0.2) is 0 Å². The van der Waals surface area contributed by atoms with E-state index in [0.717, 1.165) is 31.4 Å². The van der Waals surface area contributed by atoms with Crippen LogP contribution >= 0.6 is 11.8 Å². The number of rotatable bonds is 8. The Hall–Kier alpha value is -1.24. The van der Waals surface area contributed by atoms with Gasteiger partial charge in [-0.15, -0.1) is 0 Å². The highest BCUT2D eigenvalue weighted by Gasteiger charge is 2.33. The Balaban J connectivity index is 1.81. The number of amides is 3. The topological polar surface area (TPSA) is 78.5 Å². The lowest BCUT2D eigenvalue weighted by Crippen LogP contribution is -2.53. The second-order valence-electron chi connectivity index (χ2n) is 6.64. The predicted molar refractivity (Wildman–Crippen MR) is 95.7 cm³/mol. The quantitative estimate of drug-likeness (QED) is 0.685. The van der Waals surface area contributed by atoms with Crippen molar-refractivity contribution in [1.82, 2.24) is 15.5 Å². The third-order valence-electron chi connectivity index (χ3n) is 4.67. The Bertz CT molecular complexity index is 460. The van der Waals surface area contributed by atoms with Crippen LogP contribution in [0.3, 0.4) is 0 Å². The van der Waals surface area contributed by atoms with Crippen LogP contribution in [0.2, 0.25) is 0 Å². The molecule has 1 aliphatic carbocycles. The van der Waals surface area contributed by atoms with E-state index in [0.29, 0.717) is 25.9 Å². The zero-order valence-corrected chi connectivity index (χ0v) is 15.5. The van der Waals surface area contributed by atoms with Crippen molar-refractivity contribution in [2.24, 2.45) is 5.92 Å². The number of hydrogen-bond donors (Lipinski definition) is 2. The molecule has 0 unspecified atom stereocenters. The highest BCUT2D eigenvalue weighted by atomic mass is 32.2. The van der Waals surface area contributed by atoms with E-state index in [1.54, 1.807) is 18.7 Å². The summed E-state index contributed by atoms with van der Waals surface area (Å²) < 4.78 is 0. The van der Waals surface area contributed by atoms with Crippen LogP contribution in [-0.2, 0) is 14.4 Å². The van der Waals surface area contributed by atoms with Crippen LogP contribution in [-0.4, -0.2) is 59.8 Å². The first-order valence-electron chi connectivity index (χ1n) is 8.92. The fourth-order valence-corrected chi connectivity index (χ4v) is 3.39. The number of likely N-dealkylation sites (tertiary alicyclic amines) is 1. The zero-order valence-electron chi connectivity index (χ0n) is 14.7. The van der Waals surface area contributed by atoms with Crippen molar-refractivity contribution < 1.29 is 14.4 Å². The SMILES string of the molecule is CCC(=O)N[C@H](CCSC)C(=O)N1CCC(NC(=O)C2CC2)CC1. The molecular formula is C17H29N3O3S. The molecule has 0 aromatic carbocycles. The Labute approximate surface area is 148 Å². The average molecular weight is 356 g/mol. The molecule has 136 valence electrons. The monoisotopic (exact) mass is 355 g/mol. The lowest BCUT2D eigenvalue weighted by Gasteiger charge is -2.34. The van der Waals surface area contributed by atoms with Gasteiger partial charge in [0.25, 0.3) is 0 Å². The van der Waals surface area contributed by atoms with Crippen LogP contribution in [0.25, 0.3) is 0 Å². The van der Waals surface area contributed by atoms with Gasteiger partial charge in [0.15, 0.2) is 0 Å². The largest absolute Gasteiger partial charge is 0.353 e. The fourth-order valence-electron chi connectivity index (χ4n) is 2.92. The summed E-state index contributed by atoms with van der Waals surface area (Å²) in [4.78, 5) is 38.1. The summed E-state index contributed by atoms with van der Waals surface area (Å²) in [7, 11) is 0. The van der Waals surface area contributed by atoms with Crippen LogP contribution in [0.1, 0.15) is 45.4 Å². The van der Waals surface area contributed by atoms with Gasteiger partial charge in [0.2, 0.25) is 17.7 Å². The first-order valence-corrected chi connectivity index (χ1v) is 10.3. The zero-order chi connectivity index (χ0) is 17.5. The smallest absolute Gasteiger partial charge is 0.245 e. The summed E-state index contributed by atoms with van der Waals surface area (Å²) in [6.45, 7) is 3.08. The van der Waals surface area contributed by atoms with E-state index in [1.807, 2.05) is 11.2 Å². The summed E-state index contributed by atoms with van der Waals surface area (Å²) in [6.07, 6.45) is 6.65. The molecule has 1 aliphatic heterocycles. The molecule has 2 aliphatic rings. The van der Waals surface area contributed by atoms with E-state index in [-0.39, 0.29) is 29.7 Å². The van der Waals surface area contributed by atoms with Crippen LogP contribution in [0.5, 0.6) is 0 Å². The van der Waals surface area contributed by atoms with E-state index >= 15 is 0 Å². The summed E-state index contributed by atoms with van der Waals surface area (Å²) in [6, 6.07) is -0.250. The van der Waals surface area contributed by atoms with Crippen molar-refractivity contribution in [2.75, 3.05) is 25.1 Å². The van der Waals surface area contributed by atoms with Crippen molar-refractivity contribution in [3.8, 4) is 0 Å². The molecule has 0 aromatic rings. The maximum Gasteiger partial charge on any atom is 0.245 e. The molecule has 1 saturated carbocycles. The standard InChI is InChI=1S/C17H29N3O3S/c1-3-15(21)19-14(8-11-24-2)17(23)20-9-6-13(7-10-20)18-16(22)12-4-5-12/h12-14H,3-11H2,1-2H3,(H,18,22)(H,19,21)/t14-/m1/s1. The van der Waals surface area contributed by atoms with Crippen molar-refractivity contribution in [2.45, 2.75) is 57.5 Å². The van der Waals surface area contributed by atoms with Gasteiger partial charge >= 0.3 is 0 Å². The first kappa shape index (κ1) is 19.1. The fraction of sp³-hybridized carbons (Fsp3) is 0.824. The summed E-state index contributed by atoms with van der Waals surface area (Å²) >= 11 is 1.67. The Kier molecular flexibility index (Phi) is 7.40. The maximum absolute atomic E-state index is 12.7. The molecule has 24 heavy (non-hydrogen) atoms. The predicted octanol–water partition coefficient (Wildman–Crippen LogP) is 1.15. The van der Waals surface area contributed by atoms with Gasteiger partial charge in [-0.2, -0.15) is 11.8 Å². The van der Waals surface area contributed by atoms with E-state index in [1.165, 1.54) is 0 Å². The van der Waals surface area contributed by atoms with Gasteiger partial charge in [-0.05, 0) is 44.1 Å². The molecule has 7 heteroatoms. The summed E-state index contributed by atoms with van der Waals surface area (Å²) in [5.74, 6) is 1.17. The van der Waals surface area contributed by atoms with Crippen molar-refractivity contribution in [1.29, 1.82) is 0 Å². The number of hydrogen-bond acceptors (Lipinski definition) is 4. The van der Waals surface area contributed by atoms with Crippen LogP contribution < -0.4 is 10.6 Å². The Morgan fingerprint density at radius 3 is 2.38 bits per heavy atom. The molecule has 6 nitrogen and oxygen atoms in total. The first-order chi connectivity index (χ1) is 11.5. The lowest BCUT2D eigenvalue weighted by atomic mass is 10.0. The Morgan fingerprint density at radius 2 is 1.83 bits per heavy atom.